The van der Waals surface area contributed by atoms with Crippen molar-refractivity contribution in [2.75, 3.05) is 13.1 Å². The normalized spacial score (nSPS) is 43.9. The molecule has 1 saturated heterocycles. The molecule has 4 N–H and O–H groups in total. The summed E-state index contributed by atoms with van der Waals surface area (Å²) >= 11 is 0. The first-order valence-corrected chi connectivity index (χ1v) is 7.19. The zero-order valence-corrected chi connectivity index (χ0v) is 11.3. The highest BCUT2D eigenvalue weighted by molar-refractivity contribution is 5.08. The Morgan fingerprint density at radius 3 is 2.65 bits per heavy atom. The molecule has 0 aromatic rings. The molecule has 1 aliphatic carbocycles. The highest BCUT2D eigenvalue weighted by atomic mass is 16.3. The third-order valence-electron chi connectivity index (χ3n) is 5.05. The smallest absolute Gasteiger partial charge is 0.0841 e. The van der Waals surface area contributed by atoms with Crippen LogP contribution in [-0.2, 0) is 0 Å². The summed E-state index contributed by atoms with van der Waals surface area (Å²) < 4.78 is 0. The number of aliphatic hydroxyl groups is 1. The van der Waals surface area contributed by atoms with Gasteiger partial charge in [0.05, 0.1) is 11.1 Å². The molecule has 2 aliphatic rings. The predicted molar refractivity (Wildman–Crippen MR) is 70.8 cm³/mol. The fourth-order valence-corrected chi connectivity index (χ4v) is 3.64. The van der Waals surface area contributed by atoms with Crippen LogP contribution in [0, 0.1) is 11.8 Å². The molecule has 17 heavy (non-hydrogen) atoms. The fraction of sp³-hybridized carbons (Fsp3) is 1.00. The molecule has 3 atom stereocenters. The lowest BCUT2D eigenvalue weighted by molar-refractivity contribution is -0.0915. The number of hydrogen-bond donors (Lipinski definition) is 3. The largest absolute Gasteiger partial charge is 0.388 e. The highest BCUT2D eigenvalue weighted by Gasteiger charge is 2.50. The average Bonchev–Trinajstić information content (AvgIpc) is 2.30. The molecular weight excluding hydrogens is 212 g/mol. The van der Waals surface area contributed by atoms with Gasteiger partial charge in [0.2, 0.25) is 0 Å². The average molecular weight is 240 g/mol. The Kier molecular flexibility index (Phi) is 3.81. The number of piperidine rings is 1. The van der Waals surface area contributed by atoms with Crippen LogP contribution in [0.5, 0.6) is 0 Å². The summed E-state index contributed by atoms with van der Waals surface area (Å²) in [6.07, 6.45) is 6.20. The van der Waals surface area contributed by atoms with Gasteiger partial charge in [-0.3, -0.25) is 0 Å². The quantitative estimate of drug-likeness (QED) is 0.688. The van der Waals surface area contributed by atoms with Gasteiger partial charge < -0.3 is 16.2 Å². The summed E-state index contributed by atoms with van der Waals surface area (Å²) in [6, 6.07) is 0. The second-order valence-corrected chi connectivity index (χ2v) is 6.57. The Morgan fingerprint density at radius 1 is 1.29 bits per heavy atom. The first-order chi connectivity index (χ1) is 7.97. The van der Waals surface area contributed by atoms with Gasteiger partial charge in [-0.25, -0.2) is 0 Å². The van der Waals surface area contributed by atoms with Crippen molar-refractivity contribution < 1.29 is 5.11 Å². The van der Waals surface area contributed by atoms with E-state index in [-0.39, 0.29) is 0 Å². The summed E-state index contributed by atoms with van der Waals surface area (Å²) in [5, 5.41) is 14.4. The van der Waals surface area contributed by atoms with Crippen molar-refractivity contribution in [2.24, 2.45) is 17.6 Å². The Balaban J connectivity index is 2.11. The van der Waals surface area contributed by atoms with E-state index in [0.717, 1.165) is 45.2 Å². The molecule has 3 unspecified atom stereocenters. The molecule has 1 saturated carbocycles. The highest BCUT2D eigenvalue weighted by Crippen LogP contribution is 2.43. The van der Waals surface area contributed by atoms with Gasteiger partial charge in [0.15, 0.2) is 0 Å². The van der Waals surface area contributed by atoms with E-state index in [2.05, 4.69) is 19.2 Å². The van der Waals surface area contributed by atoms with E-state index in [9.17, 15) is 5.11 Å². The van der Waals surface area contributed by atoms with E-state index >= 15 is 0 Å². The van der Waals surface area contributed by atoms with E-state index in [0.29, 0.717) is 11.8 Å². The second-order valence-electron chi connectivity index (χ2n) is 6.57. The molecule has 0 aromatic heterocycles. The summed E-state index contributed by atoms with van der Waals surface area (Å²) in [5.41, 5.74) is 5.47. The Morgan fingerprint density at radius 2 is 2.06 bits per heavy atom. The van der Waals surface area contributed by atoms with Crippen LogP contribution in [0.4, 0.5) is 0 Å². The molecule has 3 nitrogen and oxygen atoms in total. The first kappa shape index (κ1) is 13.3. The van der Waals surface area contributed by atoms with Crippen LogP contribution in [0.15, 0.2) is 0 Å². The van der Waals surface area contributed by atoms with Crippen LogP contribution < -0.4 is 11.1 Å². The maximum atomic E-state index is 11.0. The van der Waals surface area contributed by atoms with Crippen LogP contribution in [0.3, 0.4) is 0 Å². The summed E-state index contributed by atoms with van der Waals surface area (Å²) in [4.78, 5) is 0. The SMILES string of the molecule is CC(C)C1CCCC(O)(C2(N)CCCNC2)C1. The van der Waals surface area contributed by atoms with Crippen LogP contribution in [-0.4, -0.2) is 29.3 Å². The molecule has 1 heterocycles. The molecule has 1 aliphatic heterocycles. The Bertz CT molecular complexity index is 261. The van der Waals surface area contributed by atoms with E-state index in [4.69, 9.17) is 5.73 Å². The van der Waals surface area contributed by atoms with Crippen molar-refractivity contribution in [1.29, 1.82) is 0 Å². The minimum absolute atomic E-state index is 0.404. The standard InChI is InChI=1S/C14H28N2O/c1-11(2)12-5-3-7-14(17,9-12)13(15)6-4-8-16-10-13/h11-12,16-17H,3-10,15H2,1-2H3. The van der Waals surface area contributed by atoms with Gasteiger partial charge in [-0.2, -0.15) is 0 Å². The van der Waals surface area contributed by atoms with E-state index in [1.807, 2.05) is 0 Å². The number of nitrogens with two attached hydrogens (primary N) is 1. The van der Waals surface area contributed by atoms with Gasteiger partial charge in [-0.05, 0) is 50.5 Å². The summed E-state index contributed by atoms with van der Waals surface area (Å²) in [7, 11) is 0. The van der Waals surface area contributed by atoms with Crippen molar-refractivity contribution in [1.82, 2.24) is 5.32 Å². The monoisotopic (exact) mass is 240 g/mol. The van der Waals surface area contributed by atoms with Gasteiger partial charge in [-0.1, -0.05) is 20.3 Å². The first-order valence-electron chi connectivity index (χ1n) is 7.19. The number of hydrogen-bond acceptors (Lipinski definition) is 3. The molecular formula is C14H28N2O. The molecule has 3 heteroatoms. The lowest BCUT2D eigenvalue weighted by atomic mass is 9.63. The lowest BCUT2D eigenvalue weighted by Gasteiger charge is -2.51. The van der Waals surface area contributed by atoms with Crippen LogP contribution in [0.2, 0.25) is 0 Å². The summed E-state index contributed by atoms with van der Waals surface area (Å²) in [5.74, 6) is 1.29. The van der Waals surface area contributed by atoms with E-state index < -0.39 is 11.1 Å². The Labute approximate surface area is 105 Å². The van der Waals surface area contributed by atoms with Gasteiger partial charge in [0.1, 0.15) is 0 Å². The van der Waals surface area contributed by atoms with Gasteiger partial charge in [0, 0.05) is 6.54 Å². The molecule has 0 bridgehead atoms. The minimum atomic E-state index is -0.645. The lowest BCUT2D eigenvalue weighted by Crippen LogP contribution is -2.68. The maximum absolute atomic E-state index is 11.0. The number of nitrogens with one attached hydrogen (secondary N) is 1. The van der Waals surface area contributed by atoms with Crippen LogP contribution >= 0.6 is 0 Å². The van der Waals surface area contributed by atoms with E-state index in [1.54, 1.807) is 0 Å². The summed E-state index contributed by atoms with van der Waals surface area (Å²) in [6.45, 7) is 6.34. The zero-order valence-electron chi connectivity index (χ0n) is 11.3. The van der Waals surface area contributed by atoms with E-state index in [1.165, 1.54) is 6.42 Å². The zero-order chi connectivity index (χ0) is 12.5. The predicted octanol–water partition coefficient (Wildman–Crippen LogP) is 1.64. The van der Waals surface area contributed by atoms with Crippen molar-refractivity contribution in [3.05, 3.63) is 0 Å². The van der Waals surface area contributed by atoms with Crippen LogP contribution in [0.1, 0.15) is 52.4 Å². The molecule has 2 rings (SSSR count). The molecule has 2 fully saturated rings. The van der Waals surface area contributed by atoms with Crippen molar-refractivity contribution in [3.63, 3.8) is 0 Å². The van der Waals surface area contributed by atoms with Gasteiger partial charge in [-0.15, -0.1) is 0 Å². The second kappa shape index (κ2) is 4.87. The maximum Gasteiger partial charge on any atom is 0.0841 e. The molecule has 0 aromatic carbocycles. The van der Waals surface area contributed by atoms with Crippen molar-refractivity contribution in [2.45, 2.75) is 63.5 Å². The molecule has 0 spiro atoms. The van der Waals surface area contributed by atoms with Crippen molar-refractivity contribution >= 4 is 0 Å². The third kappa shape index (κ3) is 2.51. The van der Waals surface area contributed by atoms with Crippen molar-refractivity contribution in [3.8, 4) is 0 Å². The number of rotatable bonds is 2. The topological polar surface area (TPSA) is 58.3 Å². The minimum Gasteiger partial charge on any atom is -0.388 e. The Hall–Kier alpha value is -0.120. The van der Waals surface area contributed by atoms with Gasteiger partial charge >= 0.3 is 0 Å². The van der Waals surface area contributed by atoms with Crippen LogP contribution in [0.25, 0.3) is 0 Å². The molecule has 100 valence electrons. The van der Waals surface area contributed by atoms with Gasteiger partial charge in [0.25, 0.3) is 0 Å². The molecule has 0 radical (unpaired) electrons. The molecule has 0 amide bonds. The fourth-order valence-electron chi connectivity index (χ4n) is 3.64. The third-order valence-corrected chi connectivity index (χ3v) is 5.05.